The van der Waals surface area contributed by atoms with E-state index in [2.05, 4.69) is 10.1 Å². The van der Waals surface area contributed by atoms with Crippen molar-refractivity contribution in [2.75, 3.05) is 0 Å². The Morgan fingerprint density at radius 1 is 0.946 bits per heavy atom. The van der Waals surface area contributed by atoms with Crippen molar-refractivity contribution in [2.45, 2.75) is 0 Å². The van der Waals surface area contributed by atoms with Crippen molar-refractivity contribution in [3.05, 3.63) is 112 Å². The maximum atomic E-state index is 13.4. The summed E-state index contributed by atoms with van der Waals surface area (Å²) in [5.74, 6) is 0.159. The molecule has 6 rings (SSSR count). The SMILES string of the molecule is O=C(O)c1ccccc1-c1ccc(C=Nn2c(-c3cc4cc(Cl)ccc4o3)nc3ccccc3c2=O)o1. The van der Waals surface area contributed by atoms with E-state index in [1.165, 1.54) is 12.3 Å². The van der Waals surface area contributed by atoms with Crippen LogP contribution in [0, 0.1) is 0 Å². The quantitative estimate of drug-likeness (QED) is 0.273. The van der Waals surface area contributed by atoms with Gasteiger partial charge in [0.2, 0.25) is 5.82 Å². The maximum absolute atomic E-state index is 13.4. The molecular weight excluding hydrogens is 494 g/mol. The highest BCUT2D eigenvalue weighted by atomic mass is 35.5. The third kappa shape index (κ3) is 4.09. The average molecular weight is 510 g/mol. The molecule has 37 heavy (non-hydrogen) atoms. The van der Waals surface area contributed by atoms with E-state index in [0.717, 1.165) is 10.1 Å². The second kappa shape index (κ2) is 8.92. The number of rotatable bonds is 5. The van der Waals surface area contributed by atoms with Gasteiger partial charge in [-0.05, 0) is 54.6 Å². The molecule has 3 aromatic heterocycles. The molecule has 0 amide bonds. The number of carboxylic acids is 1. The van der Waals surface area contributed by atoms with Gasteiger partial charge in [-0.3, -0.25) is 4.79 Å². The summed E-state index contributed by atoms with van der Waals surface area (Å²) in [6, 6.07) is 23.7. The lowest BCUT2D eigenvalue weighted by Crippen LogP contribution is -2.20. The molecule has 0 bridgehead atoms. The maximum Gasteiger partial charge on any atom is 0.336 e. The van der Waals surface area contributed by atoms with Crippen molar-refractivity contribution in [3.8, 4) is 22.9 Å². The van der Waals surface area contributed by atoms with Crippen molar-refractivity contribution in [1.82, 2.24) is 9.66 Å². The Balaban J connectivity index is 1.47. The van der Waals surface area contributed by atoms with Crippen molar-refractivity contribution >= 4 is 45.7 Å². The minimum Gasteiger partial charge on any atom is -0.478 e. The second-order valence-corrected chi connectivity index (χ2v) is 8.60. The third-order valence-electron chi connectivity index (χ3n) is 5.80. The molecule has 0 aliphatic carbocycles. The van der Waals surface area contributed by atoms with Crippen LogP contribution in [0.25, 0.3) is 44.8 Å². The van der Waals surface area contributed by atoms with Gasteiger partial charge in [-0.2, -0.15) is 9.78 Å². The van der Waals surface area contributed by atoms with E-state index in [1.807, 2.05) is 0 Å². The molecule has 0 aliphatic heterocycles. The highest BCUT2D eigenvalue weighted by Gasteiger charge is 2.17. The van der Waals surface area contributed by atoms with Gasteiger partial charge < -0.3 is 13.9 Å². The van der Waals surface area contributed by atoms with Gasteiger partial charge >= 0.3 is 5.97 Å². The molecular formula is C28H16ClN3O5. The number of fused-ring (bicyclic) bond motifs is 2. The van der Waals surface area contributed by atoms with Gasteiger partial charge in [0.15, 0.2) is 5.76 Å². The Morgan fingerprint density at radius 3 is 2.62 bits per heavy atom. The van der Waals surface area contributed by atoms with Crippen LogP contribution in [0.3, 0.4) is 0 Å². The molecule has 8 nitrogen and oxygen atoms in total. The number of furan rings is 2. The van der Waals surface area contributed by atoms with Gasteiger partial charge in [0.1, 0.15) is 17.1 Å². The van der Waals surface area contributed by atoms with Gasteiger partial charge in [-0.1, -0.05) is 41.9 Å². The molecule has 6 aromatic rings. The highest BCUT2D eigenvalue weighted by Crippen LogP contribution is 2.29. The van der Waals surface area contributed by atoms with Crippen molar-refractivity contribution < 1.29 is 18.7 Å². The average Bonchev–Trinajstić information content (AvgIpc) is 3.55. The monoisotopic (exact) mass is 509 g/mol. The van der Waals surface area contributed by atoms with Crippen LogP contribution in [0.2, 0.25) is 5.02 Å². The summed E-state index contributed by atoms with van der Waals surface area (Å²) in [4.78, 5) is 29.6. The smallest absolute Gasteiger partial charge is 0.336 e. The Morgan fingerprint density at radius 2 is 1.76 bits per heavy atom. The van der Waals surface area contributed by atoms with Gasteiger partial charge in [-0.15, -0.1) is 0 Å². The summed E-state index contributed by atoms with van der Waals surface area (Å²) >= 11 is 6.12. The number of benzene rings is 3. The molecule has 180 valence electrons. The molecule has 1 N–H and O–H groups in total. The summed E-state index contributed by atoms with van der Waals surface area (Å²) in [6.07, 6.45) is 1.37. The first-order chi connectivity index (χ1) is 18.0. The number of carbonyl (C=O) groups is 1. The number of nitrogens with zero attached hydrogens (tertiary/aromatic N) is 3. The first-order valence-corrected chi connectivity index (χ1v) is 11.5. The zero-order valence-corrected chi connectivity index (χ0v) is 19.7. The first kappa shape index (κ1) is 22.5. The molecule has 0 fully saturated rings. The number of aromatic carboxylic acids is 1. The zero-order chi connectivity index (χ0) is 25.5. The first-order valence-electron chi connectivity index (χ1n) is 11.2. The number of carboxylic acid groups (broad SMARTS) is 1. The Hall–Kier alpha value is -4.95. The molecule has 0 aliphatic rings. The third-order valence-corrected chi connectivity index (χ3v) is 6.04. The number of aromatic nitrogens is 2. The molecule has 3 heterocycles. The van der Waals surface area contributed by atoms with Crippen LogP contribution in [-0.2, 0) is 0 Å². The summed E-state index contributed by atoms with van der Waals surface area (Å²) < 4.78 is 12.9. The molecule has 3 aromatic carbocycles. The second-order valence-electron chi connectivity index (χ2n) is 8.16. The molecule has 0 saturated heterocycles. The van der Waals surface area contributed by atoms with Crippen molar-refractivity contribution in [2.24, 2.45) is 5.10 Å². The lowest BCUT2D eigenvalue weighted by molar-refractivity contribution is 0.0697. The van der Waals surface area contributed by atoms with Crippen LogP contribution in [0.15, 0.2) is 104 Å². The summed E-state index contributed by atoms with van der Waals surface area (Å²) in [6.45, 7) is 0. The molecule has 0 saturated carbocycles. The zero-order valence-electron chi connectivity index (χ0n) is 19.0. The fourth-order valence-corrected chi connectivity index (χ4v) is 4.26. The van der Waals surface area contributed by atoms with E-state index in [-0.39, 0.29) is 11.4 Å². The molecule has 0 spiro atoms. The normalized spacial score (nSPS) is 11.6. The summed E-state index contributed by atoms with van der Waals surface area (Å²) in [7, 11) is 0. The fraction of sp³-hybridized carbons (Fsp3) is 0. The van der Waals surface area contributed by atoms with Crippen LogP contribution < -0.4 is 5.56 Å². The van der Waals surface area contributed by atoms with E-state index < -0.39 is 11.5 Å². The topological polar surface area (TPSA) is 111 Å². The number of halogens is 1. The Kier molecular flexibility index (Phi) is 5.43. The van der Waals surface area contributed by atoms with Gasteiger partial charge in [0.25, 0.3) is 5.56 Å². The van der Waals surface area contributed by atoms with E-state index in [1.54, 1.807) is 78.9 Å². The lowest BCUT2D eigenvalue weighted by atomic mass is 10.1. The largest absolute Gasteiger partial charge is 0.478 e. The predicted molar refractivity (Wildman–Crippen MR) is 140 cm³/mol. The van der Waals surface area contributed by atoms with E-state index >= 15 is 0 Å². The van der Waals surface area contributed by atoms with Crippen molar-refractivity contribution in [1.29, 1.82) is 0 Å². The van der Waals surface area contributed by atoms with Gasteiger partial charge in [-0.25, -0.2) is 9.78 Å². The molecule has 9 heteroatoms. The minimum atomic E-state index is -1.06. The van der Waals surface area contributed by atoms with Crippen LogP contribution >= 0.6 is 11.6 Å². The van der Waals surface area contributed by atoms with Crippen LogP contribution in [0.1, 0.15) is 16.1 Å². The fourth-order valence-electron chi connectivity index (χ4n) is 4.08. The van der Waals surface area contributed by atoms with E-state index in [9.17, 15) is 14.7 Å². The van der Waals surface area contributed by atoms with Gasteiger partial charge in [0, 0.05) is 16.0 Å². The number of hydrogen-bond acceptors (Lipinski definition) is 6. The van der Waals surface area contributed by atoms with Gasteiger partial charge in [0.05, 0.1) is 22.7 Å². The Bertz CT molecular complexity index is 1910. The Labute approximate surface area is 213 Å². The van der Waals surface area contributed by atoms with E-state index in [4.69, 9.17) is 20.4 Å². The van der Waals surface area contributed by atoms with Crippen LogP contribution in [0.5, 0.6) is 0 Å². The predicted octanol–water partition coefficient (Wildman–Crippen LogP) is 6.30. The minimum absolute atomic E-state index is 0.113. The summed E-state index contributed by atoms with van der Waals surface area (Å²) in [5.41, 5.74) is 1.24. The van der Waals surface area contributed by atoms with Crippen LogP contribution in [0.4, 0.5) is 0 Å². The molecule has 0 atom stereocenters. The van der Waals surface area contributed by atoms with E-state index in [0.29, 0.717) is 44.4 Å². The standard InChI is InChI=1S/C28H16ClN3O5/c29-17-9-11-23-16(13-17)14-25(37-23)26-31-22-8-4-3-7-21(22)27(33)32(26)30-15-18-10-12-24(36-18)19-5-1-2-6-20(19)28(34)35/h1-15H,(H,34,35). The highest BCUT2D eigenvalue weighted by molar-refractivity contribution is 6.31. The molecule has 0 unspecified atom stereocenters. The lowest BCUT2D eigenvalue weighted by Gasteiger charge is -2.06. The number of hydrogen-bond donors (Lipinski definition) is 1. The molecule has 0 radical (unpaired) electrons. The summed E-state index contributed by atoms with van der Waals surface area (Å²) in [5, 5.41) is 15.6. The van der Waals surface area contributed by atoms with Crippen LogP contribution in [-0.4, -0.2) is 27.0 Å². The van der Waals surface area contributed by atoms with Crippen molar-refractivity contribution in [3.63, 3.8) is 0 Å². The number of para-hydroxylation sites is 1.